The van der Waals surface area contributed by atoms with E-state index in [1.807, 2.05) is 0 Å². The average molecular weight is 261 g/mol. The highest BCUT2D eigenvalue weighted by atomic mass is 15.3. The van der Waals surface area contributed by atoms with Crippen LogP contribution in [0.5, 0.6) is 0 Å². The van der Waals surface area contributed by atoms with Gasteiger partial charge in [-0.1, -0.05) is 19.8 Å². The summed E-state index contributed by atoms with van der Waals surface area (Å²) in [5.74, 6) is 2.02. The maximum atomic E-state index is 5.87. The molecule has 1 aromatic rings. The molecule has 2 heterocycles. The van der Waals surface area contributed by atoms with E-state index >= 15 is 0 Å². The number of nitrogens with two attached hydrogens (primary N) is 1. The summed E-state index contributed by atoms with van der Waals surface area (Å²) in [6.07, 6.45) is 5.12. The van der Waals surface area contributed by atoms with Crippen molar-refractivity contribution in [2.75, 3.05) is 30.3 Å². The molecule has 2 aliphatic rings. The molecule has 0 unspecified atom stereocenters. The molecule has 1 aliphatic heterocycles. The molecular formula is C14H23N5. The van der Waals surface area contributed by atoms with Gasteiger partial charge in [-0.3, -0.25) is 0 Å². The fourth-order valence-electron chi connectivity index (χ4n) is 3.15. The van der Waals surface area contributed by atoms with Crippen molar-refractivity contribution in [3.05, 3.63) is 11.8 Å². The molecule has 1 saturated heterocycles. The fourth-order valence-corrected chi connectivity index (χ4v) is 3.15. The van der Waals surface area contributed by atoms with Crippen LogP contribution in [-0.4, -0.2) is 35.6 Å². The van der Waals surface area contributed by atoms with Crippen LogP contribution in [0.2, 0.25) is 0 Å². The largest absolute Gasteiger partial charge is 0.368 e. The molecule has 104 valence electrons. The van der Waals surface area contributed by atoms with Crippen LogP contribution >= 0.6 is 0 Å². The van der Waals surface area contributed by atoms with Crippen molar-refractivity contribution in [2.45, 2.75) is 44.6 Å². The maximum Gasteiger partial charge on any atom is 0.222 e. The molecule has 1 saturated carbocycles. The van der Waals surface area contributed by atoms with Crippen LogP contribution in [0.25, 0.3) is 0 Å². The molecule has 0 amide bonds. The zero-order chi connectivity index (χ0) is 13.2. The van der Waals surface area contributed by atoms with Gasteiger partial charge in [0.25, 0.3) is 0 Å². The summed E-state index contributed by atoms with van der Waals surface area (Å²) < 4.78 is 0. The number of nitrogens with one attached hydrogen (secondary N) is 1. The molecule has 0 radical (unpaired) electrons. The molecule has 5 nitrogen and oxygen atoms in total. The lowest BCUT2D eigenvalue weighted by Gasteiger charge is -2.40. The van der Waals surface area contributed by atoms with Gasteiger partial charge in [-0.05, 0) is 19.4 Å². The number of anilines is 2. The molecule has 2 fully saturated rings. The number of hydrogen-bond donors (Lipinski definition) is 2. The molecule has 0 bridgehead atoms. The quantitative estimate of drug-likeness (QED) is 0.860. The van der Waals surface area contributed by atoms with Gasteiger partial charge in [0.1, 0.15) is 5.82 Å². The van der Waals surface area contributed by atoms with Gasteiger partial charge in [0, 0.05) is 31.1 Å². The van der Waals surface area contributed by atoms with Crippen LogP contribution in [0.3, 0.4) is 0 Å². The van der Waals surface area contributed by atoms with Gasteiger partial charge in [0.2, 0.25) is 5.95 Å². The zero-order valence-corrected chi connectivity index (χ0v) is 11.6. The van der Waals surface area contributed by atoms with Crippen molar-refractivity contribution in [1.29, 1.82) is 0 Å². The van der Waals surface area contributed by atoms with Crippen molar-refractivity contribution < 1.29 is 0 Å². The maximum absolute atomic E-state index is 5.87. The minimum Gasteiger partial charge on any atom is -0.368 e. The summed E-state index contributed by atoms with van der Waals surface area (Å²) in [5, 5.41) is 3.45. The lowest BCUT2D eigenvalue weighted by Crippen LogP contribution is -2.58. The van der Waals surface area contributed by atoms with E-state index in [0.29, 0.717) is 17.9 Å². The summed E-state index contributed by atoms with van der Waals surface area (Å²) >= 11 is 0. The van der Waals surface area contributed by atoms with Crippen LogP contribution in [-0.2, 0) is 0 Å². The van der Waals surface area contributed by atoms with Crippen molar-refractivity contribution in [2.24, 2.45) is 0 Å². The smallest absolute Gasteiger partial charge is 0.222 e. The third-order valence-corrected chi connectivity index (χ3v) is 4.22. The topological polar surface area (TPSA) is 67.1 Å². The molecule has 0 spiro atoms. The molecule has 1 aromatic heterocycles. The predicted octanol–water partition coefficient (Wildman–Crippen LogP) is 1.51. The highest BCUT2D eigenvalue weighted by Gasteiger charge is 2.28. The van der Waals surface area contributed by atoms with Crippen molar-refractivity contribution in [1.82, 2.24) is 15.3 Å². The van der Waals surface area contributed by atoms with Gasteiger partial charge < -0.3 is 16.0 Å². The minimum atomic E-state index is 0.423. The van der Waals surface area contributed by atoms with Gasteiger partial charge in [-0.25, -0.2) is 4.98 Å². The third-order valence-electron chi connectivity index (χ3n) is 4.22. The van der Waals surface area contributed by atoms with Gasteiger partial charge in [0.15, 0.2) is 0 Å². The second kappa shape index (κ2) is 5.33. The number of rotatable bonds is 4. The molecule has 0 aromatic carbocycles. The zero-order valence-electron chi connectivity index (χ0n) is 11.6. The molecule has 3 N–H and O–H groups in total. The Morgan fingerprint density at radius 2 is 2.05 bits per heavy atom. The van der Waals surface area contributed by atoms with E-state index in [9.17, 15) is 0 Å². The normalized spacial score (nSPS) is 20.8. The van der Waals surface area contributed by atoms with Crippen LogP contribution in [0, 0.1) is 0 Å². The molecule has 3 rings (SSSR count). The second-order valence-corrected chi connectivity index (χ2v) is 5.65. The van der Waals surface area contributed by atoms with Gasteiger partial charge in [0.05, 0.1) is 5.69 Å². The molecular weight excluding hydrogens is 238 g/mol. The van der Waals surface area contributed by atoms with Crippen molar-refractivity contribution >= 4 is 11.8 Å². The Balaban J connectivity index is 1.71. The van der Waals surface area contributed by atoms with Crippen molar-refractivity contribution in [3.63, 3.8) is 0 Å². The Morgan fingerprint density at radius 3 is 2.74 bits per heavy atom. The SMILES string of the molecule is CCNC1CN(c2cc(C3CCCC3)nc(N)n2)C1. The Morgan fingerprint density at radius 1 is 1.32 bits per heavy atom. The first-order valence-electron chi connectivity index (χ1n) is 7.39. The number of hydrogen-bond acceptors (Lipinski definition) is 5. The highest BCUT2D eigenvalue weighted by molar-refractivity contribution is 5.47. The Bertz CT molecular complexity index is 435. The van der Waals surface area contributed by atoms with Gasteiger partial charge in [-0.2, -0.15) is 4.98 Å². The Labute approximate surface area is 114 Å². The third kappa shape index (κ3) is 2.66. The first-order valence-corrected chi connectivity index (χ1v) is 7.39. The second-order valence-electron chi connectivity index (χ2n) is 5.65. The Kier molecular flexibility index (Phi) is 3.55. The van der Waals surface area contributed by atoms with Crippen LogP contribution in [0.1, 0.15) is 44.2 Å². The van der Waals surface area contributed by atoms with E-state index in [0.717, 1.165) is 31.1 Å². The molecule has 0 atom stereocenters. The van der Waals surface area contributed by atoms with Crippen LogP contribution in [0.4, 0.5) is 11.8 Å². The van der Waals surface area contributed by atoms with E-state index in [1.165, 1.54) is 25.7 Å². The number of nitrogens with zero attached hydrogens (tertiary/aromatic N) is 3. The summed E-state index contributed by atoms with van der Waals surface area (Å²) in [7, 11) is 0. The lowest BCUT2D eigenvalue weighted by atomic mass is 10.0. The minimum absolute atomic E-state index is 0.423. The van der Waals surface area contributed by atoms with E-state index in [4.69, 9.17) is 5.73 Å². The standard InChI is InChI=1S/C14H23N5/c1-2-16-11-8-19(9-11)13-7-12(17-14(15)18-13)10-5-3-4-6-10/h7,10-11,16H,2-6,8-9H2,1H3,(H2,15,17,18). The van der Waals surface area contributed by atoms with Gasteiger partial charge >= 0.3 is 0 Å². The summed E-state index contributed by atoms with van der Waals surface area (Å²) in [4.78, 5) is 11.1. The highest BCUT2D eigenvalue weighted by Crippen LogP contribution is 2.34. The van der Waals surface area contributed by atoms with Crippen LogP contribution < -0.4 is 16.0 Å². The average Bonchev–Trinajstić information content (AvgIpc) is 2.86. The van der Waals surface area contributed by atoms with E-state index < -0.39 is 0 Å². The van der Waals surface area contributed by atoms with E-state index in [1.54, 1.807) is 0 Å². The number of likely N-dealkylation sites (N-methyl/N-ethyl adjacent to an activating group) is 1. The molecule has 5 heteroatoms. The fraction of sp³-hybridized carbons (Fsp3) is 0.714. The van der Waals surface area contributed by atoms with Gasteiger partial charge in [-0.15, -0.1) is 0 Å². The van der Waals surface area contributed by atoms with Crippen LogP contribution in [0.15, 0.2) is 6.07 Å². The molecule has 1 aliphatic carbocycles. The molecule has 19 heavy (non-hydrogen) atoms. The van der Waals surface area contributed by atoms with E-state index in [-0.39, 0.29) is 0 Å². The summed E-state index contributed by atoms with van der Waals surface area (Å²) in [6, 6.07) is 2.74. The summed E-state index contributed by atoms with van der Waals surface area (Å²) in [5.41, 5.74) is 7.02. The monoisotopic (exact) mass is 261 g/mol. The first kappa shape index (κ1) is 12.7. The predicted molar refractivity (Wildman–Crippen MR) is 77.3 cm³/mol. The first-order chi connectivity index (χ1) is 9.26. The lowest BCUT2D eigenvalue weighted by molar-refractivity contribution is 0.426. The number of aromatic nitrogens is 2. The van der Waals surface area contributed by atoms with Crippen molar-refractivity contribution in [3.8, 4) is 0 Å². The summed E-state index contributed by atoms with van der Waals surface area (Å²) in [6.45, 7) is 5.21. The van der Waals surface area contributed by atoms with E-state index in [2.05, 4.69) is 33.2 Å². The number of nitrogen functional groups attached to an aromatic ring is 1. The Hall–Kier alpha value is -1.36.